The lowest BCUT2D eigenvalue weighted by atomic mass is 10.1. The maximum absolute atomic E-state index is 13.7. The smallest absolute Gasteiger partial charge is 0.316 e. The number of benzene rings is 2. The van der Waals surface area contributed by atoms with E-state index in [1.807, 2.05) is 44.2 Å². The normalized spacial score (nSPS) is 14.7. The highest BCUT2D eigenvalue weighted by Crippen LogP contribution is 2.28. The van der Waals surface area contributed by atoms with Crippen LogP contribution in [0.25, 0.3) is 11.4 Å². The largest absolute Gasteiger partial charge is 0.334 e. The molecule has 1 fully saturated rings. The standard InChI is InChI=1S/C25H30N4O4S/c1-18(2)29(17-20-10-6-4-7-11-20)34(31,32)22-16-21(13-12-19(22)3)23-26-24(33-27-23)25(30)28-14-8-5-9-15-28/h4,6-7,10-13,16,18H,5,8-9,14-15,17H2,1-3H3. The van der Waals surface area contributed by atoms with Crippen LogP contribution in [0.5, 0.6) is 0 Å². The number of sulfonamides is 1. The molecule has 8 nitrogen and oxygen atoms in total. The van der Waals surface area contributed by atoms with Crippen LogP contribution in [0.3, 0.4) is 0 Å². The zero-order valence-electron chi connectivity index (χ0n) is 19.8. The van der Waals surface area contributed by atoms with Crippen molar-refractivity contribution in [2.24, 2.45) is 0 Å². The Morgan fingerprint density at radius 2 is 1.79 bits per heavy atom. The molecule has 1 saturated heterocycles. The molecule has 0 saturated carbocycles. The van der Waals surface area contributed by atoms with E-state index in [0.717, 1.165) is 24.8 Å². The molecule has 2 aromatic carbocycles. The summed E-state index contributed by atoms with van der Waals surface area (Å²) >= 11 is 0. The van der Waals surface area contributed by atoms with Crippen molar-refractivity contribution >= 4 is 15.9 Å². The minimum absolute atomic E-state index is 0.0743. The fourth-order valence-corrected chi connectivity index (χ4v) is 5.99. The summed E-state index contributed by atoms with van der Waals surface area (Å²) in [6.45, 7) is 7.10. The van der Waals surface area contributed by atoms with Gasteiger partial charge in [0.2, 0.25) is 15.8 Å². The summed E-state index contributed by atoms with van der Waals surface area (Å²) in [7, 11) is -3.81. The van der Waals surface area contributed by atoms with Crippen LogP contribution < -0.4 is 0 Å². The molecule has 4 rings (SSSR count). The van der Waals surface area contributed by atoms with Gasteiger partial charge in [-0.25, -0.2) is 8.42 Å². The van der Waals surface area contributed by atoms with Crippen LogP contribution in [0.15, 0.2) is 57.9 Å². The molecule has 180 valence electrons. The van der Waals surface area contributed by atoms with E-state index < -0.39 is 10.0 Å². The van der Waals surface area contributed by atoms with Crippen LogP contribution in [0.4, 0.5) is 0 Å². The minimum Gasteiger partial charge on any atom is -0.334 e. The number of piperidine rings is 1. The second kappa shape index (κ2) is 10.1. The summed E-state index contributed by atoms with van der Waals surface area (Å²) in [6.07, 6.45) is 3.03. The third-order valence-corrected chi connectivity index (χ3v) is 8.21. The maximum Gasteiger partial charge on any atom is 0.316 e. The van der Waals surface area contributed by atoms with Crippen LogP contribution >= 0.6 is 0 Å². The number of amides is 1. The predicted octanol–water partition coefficient (Wildman–Crippen LogP) is 4.27. The van der Waals surface area contributed by atoms with Gasteiger partial charge < -0.3 is 9.42 Å². The van der Waals surface area contributed by atoms with E-state index in [4.69, 9.17) is 4.52 Å². The maximum atomic E-state index is 13.7. The molecular weight excluding hydrogens is 452 g/mol. The van der Waals surface area contributed by atoms with Gasteiger partial charge in [-0.15, -0.1) is 0 Å². The first kappa shape index (κ1) is 24.1. The number of carbonyl (C=O) groups is 1. The van der Waals surface area contributed by atoms with Gasteiger partial charge >= 0.3 is 11.8 Å². The zero-order chi connectivity index (χ0) is 24.3. The summed E-state index contributed by atoms with van der Waals surface area (Å²) < 4.78 is 34.1. The van der Waals surface area contributed by atoms with Crippen LogP contribution in [-0.2, 0) is 16.6 Å². The molecule has 1 aliphatic heterocycles. The van der Waals surface area contributed by atoms with Crippen molar-refractivity contribution in [1.29, 1.82) is 0 Å². The Balaban J connectivity index is 1.64. The molecule has 3 aromatic rings. The van der Waals surface area contributed by atoms with Crippen molar-refractivity contribution in [3.63, 3.8) is 0 Å². The van der Waals surface area contributed by atoms with Crippen molar-refractivity contribution in [2.75, 3.05) is 13.1 Å². The average Bonchev–Trinajstić information content (AvgIpc) is 3.33. The number of nitrogens with zero attached hydrogens (tertiary/aromatic N) is 4. The van der Waals surface area contributed by atoms with Gasteiger partial charge in [0.15, 0.2) is 0 Å². The summed E-state index contributed by atoms with van der Waals surface area (Å²) in [5.41, 5.74) is 2.01. The molecular formula is C25H30N4O4S. The van der Waals surface area contributed by atoms with E-state index in [2.05, 4.69) is 10.1 Å². The lowest BCUT2D eigenvalue weighted by Gasteiger charge is -2.27. The summed E-state index contributed by atoms with van der Waals surface area (Å²) in [5, 5.41) is 3.96. The van der Waals surface area contributed by atoms with Crippen LogP contribution in [0.2, 0.25) is 0 Å². The molecule has 0 radical (unpaired) electrons. The number of carbonyl (C=O) groups excluding carboxylic acids is 1. The Labute approximate surface area is 200 Å². The first-order chi connectivity index (χ1) is 16.3. The van der Waals surface area contributed by atoms with Gasteiger partial charge in [-0.3, -0.25) is 4.79 Å². The molecule has 9 heteroatoms. The van der Waals surface area contributed by atoms with Crippen LogP contribution in [0.1, 0.15) is 54.9 Å². The molecule has 1 amide bonds. The molecule has 34 heavy (non-hydrogen) atoms. The molecule has 0 aliphatic carbocycles. The molecule has 1 aliphatic rings. The molecule has 1 aromatic heterocycles. The number of rotatable bonds is 7. The highest BCUT2D eigenvalue weighted by atomic mass is 32.2. The monoisotopic (exact) mass is 482 g/mol. The van der Waals surface area contributed by atoms with E-state index in [-0.39, 0.29) is 35.1 Å². The van der Waals surface area contributed by atoms with Gasteiger partial charge in [-0.05, 0) is 57.2 Å². The fraction of sp³-hybridized carbons (Fsp3) is 0.400. The first-order valence-electron chi connectivity index (χ1n) is 11.6. The molecule has 0 spiro atoms. The molecule has 0 atom stereocenters. The quantitative estimate of drug-likeness (QED) is 0.499. The van der Waals surface area contributed by atoms with Crippen molar-refractivity contribution in [1.82, 2.24) is 19.3 Å². The van der Waals surface area contributed by atoms with Gasteiger partial charge in [-0.2, -0.15) is 9.29 Å². The highest BCUT2D eigenvalue weighted by Gasteiger charge is 2.30. The SMILES string of the molecule is Cc1ccc(-c2noc(C(=O)N3CCCCC3)n2)cc1S(=O)(=O)N(Cc1ccccc1)C(C)C. The number of hydrogen-bond donors (Lipinski definition) is 0. The predicted molar refractivity (Wildman–Crippen MR) is 129 cm³/mol. The van der Waals surface area contributed by atoms with E-state index in [1.165, 1.54) is 4.31 Å². The molecule has 0 unspecified atom stereocenters. The first-order valence-corrected chi connectivity index (χ1v) is 13.0. The number of likely N-dealkylation sites (tertiary alicyclic amines) is 1. The van der Waals surface area contributed by atoms with Crippen molar-refractivity contribution in [3.05, 3.63) is 65.5 Å². The molecule has 2 heterocycles. The lowest BCUT2D eigenvalue weighted by molar-refractivity contribution is 0.0674. The lowest BCUT2D eigenvalue weighted by Crippen LogP contribution is -2.36. The van der Waals surface area contributed by atoms with Gasteiger partial charge in [-0.1, -0.05) is 47.6 Å². The average molecular weight is 483 g/mol. The van der Waals surface area contributed by atoms with Crippen LogP contribution in [0, 0.1) is 6.92 Å². The summed E-state index contributed by atoms with van der Waals surface area (Å²) in [6, 6.07) is 14.3. The topological polar surface area (TPSA) is 96.6 Å². The van der Waals surface area contributed by atoms with Gasteiger partial charge in [0.05, 0.1) is 4.90 Å². The van der Waals surface area contributed by atoms with E-state index in [0.29, 0.717) is 24.2 Å². The van der Waals surface area contributed by atoms with Crippen molar-refractivity contribution in [3.8, 4) is 11.4 Å². The summed E-state index contributed by atoms with van der Waals surface area (Å²) in [5.74, 6) is -0.169. The number of aryl methyl sites for hydroxylation is 1. The van der Waals surface area contributed by atoms with Gasteiger partial charge in [0, 0.05) is 31.2 Å². The highest BCUT2D eigenvalue weighted by molar-refractivity contribution is 7.89. The van der Waals surface area contributed by atoms with Crippen molar-refractivity contribution < 1.29 is 17.7 Å². The fourth-order valence-electron chi connectivity index (χ4n) is 4.11. The number of aromatic nitrogens is 2. The van der Waals surface area contributed by atoms with E-state index in [9.17, 15) is 13.2 Å². The molecule has 0 bridgehead atoms. The third-order valence-electron chi connectivity index (χ3n) is 6.04. The third kappa shape index (κ3) is 5.05. The van der Waals surface area contributed by atoms with E-state index in [1.54, 1.807) is 30.0 Å². The van der Waals surface area contributed by atoms with Gasteiger partial charge in [0.1, 0.15) is 0 Å². The Morgan fingerprint density at radius 1 is 1.09 bits per heavy atom. The number of hydrogen-bond acceptors (Lipinski definition) is 6. The Morgan fingerprint density at radius 3 is 2.47 bits per heavy atom. The van der Waals surface area contributed by atoms with E-state index >= 15 is 0 Å². The Kier molecular flexibility index (Phi) is 7.13. The zero-order valence-corrected chi connectivity index (χ0v) is 20.6. The molecule has 0 N–H and O–H groups in total. The summed E-state index contributed by atoms with van der Waals surface area (Å²) in [4.78, 5) is 18.9. The Bertz CT molecular complexity index is 1250. The second-order valence-corrected chi connectivity index (χ2v) is 10.7. The Hall–Kier alpha value is -3.04. The minimum atomic E-state index is -3.81. The van der Waals surface area contributed by atoms with Crippen molar-refractivity contribution in [2.45, 2.75) is 57.5 Å². The van der Waals surface area contributed by atoms with Crippen LogP contribution in [-0.4, -0.2) is 52.8 Å². The van der Waals surface area contributed by atoms with Gasteiger partial charge in [0.25, 0.3) is 0 Å². The second-order valence-electron chi connectivity index (χ2n) is 8.89.